The molecule has 35 heavy (non-hydrogen) atoms. The Kier molecular flexibility index (Phi) is 6.99. The maximum absolute atomic E-state index is 14.3. The highest BCUT2D eigenvalue weighted by Crippen LogP contribution is 2.53. The molecule has 7 nitrogen and oxygen atoms in total. The van der Waals surface area contributed by atoms with Crippen molar-refractivity contribution in [1.82, 2.24) is 4.90 Å². The number of ether oxygens (including phenoxy) is 3. The van der Waals surface area contributed by atoms with Gasteiger partial charge in [0.05, 0.1) is 25.7 Å². The van der Waals surface area contributed by atoms with Gasteiger partial charge in [0.25, 0.3) is 0 Å². The minimum absolute atomic E-state index is 0.0965. The Balaban J connectivity index is 1.80. The fraction of sp³-hybridized carbons (Fsp3) is 0.464. The van der Waals surface area contributed by atoms with E-state index in [1.165, 1.54) is 0 Å². The molecule has 0 saturated carbocycles. The van der Waals surface area contributed by atoms with Crippen molar-refractivity contribution >= 4 is 17.8 Å². The first-order chi connectivity index (χ1) is 16.7. The highest BCUT2D eigenvalue weighted by molar-refractivity contribution is 6.06. The molecule has 2 aromatic rings. The Bertz CT molecular complexity index is 1060. The van der Waals surface area contributed by atoms with E-state index in [1.54, 1.807) is 32.6 Å². The molecule has 7 heteroatoms. The molecule has 2 saturated heterocycles. The molecule has 0 radical (unpaired) electrons. The highest BCUT2D eigenvalue weighted by atomic mass is 16.6. The zero-order valence-electron chi connectivity index (χ0n) is 20.7. The van der Waals surface area contributed by atoms with Crippen molar-refractivity contribution in [3.63, 3.8) is 0 Å². The molecule has 0 bridgehead atoms. The third kappa shape index (κ3) is 4.82. The van der Waals surface area contributed by atoms with E-state index in [-0.39, 0.29) is 32.0 Å². The Hall–Kier alpha value is -3.19. The van der Waals surface area contributed by atoms with Gasteiger partial charge in [-0.1, -0.05) is 60.7 Å². The van der Waals surface area contributed by atoms with E-state index in [4.69, 9.17) is 14.2 Å². The van der Waals surface area contributed by atoms with Gasteiger partial charge in [-0.2, -0.15) is 0 Å². The molecule has 0 aliphatic carbocycles. The molecule has 2 aliphatic heterocycles. The van der Waals surface area contributed by atoms with E-state index in [2.05, 4.69) is 0 Å². The molecule has 4 atom stereocenters. The number of rotatable bonds is 7. The van der Waals surface area contributed by atoms with E-state index in [9.17, 15) is 14.4 Å². The number of carbonyl (C=O) groups excluding carboxylic acids is 3. The zero-order chi connectivity index (χ0) is 25.2. The molecule has 2 fully saturated rings. The molecule has 0 N–H and O–H groups in total. The first-order valence-corrected chi connectivity index (χ1v) is 12.1. The van der Waals surface area contributed by atoms with Crippen molar-refractivity contribution in [2.24, 2.45) is 11.3 Å². The molecular formula is C28H33NO6. The molecular weight excluding hydrogens is 446 g/mol. The van der Waals surface area contributed by atoms with Crippen molar-refractivity contribution < 1.29 is 28.6 Å². The lowest BCUT2D eigenvalue weighted by Gasteiger charge is -2.32. The average Bonchev–Trinajstić information content (AvgIpc) is 3.34. The standard InChI is InChI=1S/C28H33NO6/c1-5-33-26(32)28(17-19-12-8-6-9-13-19)21(16-23(30)35-27(2,3)4)22-18-34-24(29(22)25(28)31)20-14-10-7-11-15-20/h6-15,21-22,24H,5,16-18H2,1-4H3/t21-,22-,24-,28+/m1/s1. The summed E-state index contributed by atoms with van der Waals surface area (Å²) in [5, 5.41) is 0. The molecule has 0 aromatic heterocycles. The summed E-state index contributed by atoms with van der Waals surface area (Å²) in [6, 6.07) is 18.4. The molecule has 1 amide bonds. The Labute approximate surface area is 206 Å². The van der Waals surface area contributed by atoms with Crippen molar-refractivity contribution in [2.45, 2.75) is 58.4 Å². The lowest BCUT2D eigenvalue weighted by Crippen LogP contribution is -2.48. The van der Waals surface area contributed by atoms with Gasteiger partial charge in [-0.3, -0.25) is 14.4 Å². The number of esters is 2. The van der Waals surface area contributed by atoms with Gasteiger partial charge < -0.3 is 19.1 Å². The Morgan fingerprint density at radius 1 is 1.06 bits per heavy atom. The van der Waals surface area contributed by atoms with Crippen molar-refractivity contribution in [2.75, 3.05) is 13.2 Å². The predicted octanol–water partition coefficient (Wildman–Crippen LogP) is 4.07. The van der Waals surface area contributed by atoms with Gasteiger partial charge >= 0.3 is 11.9 Å². The molecule has 0 spiro atoms. The van der Waals surface area contributed by atoms with Crippen LogP contribution in [0.3, 0.4) is 0 Å². The number of benzene rings is 2. The second kappa shape index (κ2) is 9.82. The summed E-state index contributed by atoms with van der Waals surface area (Å²) in [6.45, 7) is 7.45. The lowest BCUT2D eigenvalue weighted by atomic mass is 9.69. The number of amides is 1. The summed E-state index contributed by atoms with van der Waals surface area (Å²) < 4.78 is 17.2. The summed E-state index contributed by atoms with van der Waals surface area (Å²) in [4.78, 5) is 42.6. The molecule has 0 unspecified atom stereocenters. The van der Waals surface area contributed by atoms with E-state index in [0.717, 1.165) is 11.1 Å². The number of hydrogen-bond donors (Lipinski definition) is 0. The van der Waals surface area contributed by atoms with Crippen LogP contribution in [-0.4, -0.2) is 47.6 Å². The van der Waals surface area contributed by atoms with Crippen LogP contribution in [0.4, 0.5) is 0 Å². The maximum Gasteiger partial charge on any atom is 0.322 e. The van der Waals surface area contributed by atoms with Crippen LogP contribution >= 0.6 is 0 Å². The van der Waals surface area contributed by atoms with Gasteiger partial charge in [-0.25, -0.2) is 0 Å². The minimum atomic E-state index is -1.56. The highest BCUT2D eigenvalue weighted by Gasteiger charge is 2.67. The molecule has 4 rings (SSSR count). The number of carbonyl (C=O) groups is 3. The smallest absolute Gasteiger partial charge is 0.322 e. The maximum atomic E-state index is 14.3. The van der Waals surface area contributed by atoms with Crippen molar-refractivity contribution in [3.05, 3.63) is 71.8 Å². The zero-order valence-corrected chi connectivity index (χ0v) is 20.7. The first-order valence-electron chi connectivity index (χ1n) is 12.1. The number of nitrogens with zero attached hydrogens (tertiary/aromatic N) is 1. The topological polar surface area (TPSA) is 82.1 Å². The van der Waals surface area contributed by atoms with Gasteiger partial charge in [0.15, 0.2) is 11.6 Å². The van der Waals surface area contributed by atoms with Crippen molar-refractivity contribution in [3.8, 4) is 0 Å². The molecule has 186 valence electrons. The number of hydrogen-bond acceptors (Lipinski definition) is 6. The second-order valence-electron chi connectivity index (χ2n) is 10.1. The van der Waals surface area contributed by atoms with Crippen LogP contribution in [0.1, 0.15) is 51.5 Å². The lowest BCUT2D eigenvalue weighted by molar-refractivity contribution is -0.167. The van der Waals surface area contributed by atoms with Crippen LogP contribution in [0, 0.1) is 11.3 Å². The first kappa shape index (κ1) is 24.9. The number of fused-ring (bicyclic) bond motifs is 1. The van der Waals surface area contributed by atoms with Crippen LogP contribution < -0.4 is 0 Å². The predicted molar refractivity (Wildman–Crippen MR) is 129 cm³/mol. The second-order valence-corrected chi connectivity index (χ2v) is 10.1. The molecule has 2 aromatic carbocycles. The van der Waals surface area contributed by atoms with Gasteiger partial charge in [-0.15, -0.1) is 0 Å². The fourth-order valence-electron chi connectivity index (χ4n) is 5.25. The van der Waals surface area contributed by atoms with Crippen LogP contribution in [0.2, 0.25) is 0 Å². The molecule has 2 aliphatic rings. The third-order valence-electron chi connectivity index (χ3n) is 6.61. The Morgan fingerprint density at radius 3 is 2.29 bits per heavy atom. The Morgan fingerprint density at radius 2 is 1.69 bits per heavy atom. The largest absolute Gasteiger partial charge is 0.465 e. The average molecular weight is 480 g/mol. The summed E-state index contributed by atoms with van der Waals surface area (Å²) in [5.74, 6) is -2.10. The van der Waals surface area contributed by atoms with E-state index in [0.29, 0.717) is 0 Å². The summed E-state index contributed by atoms with van der Waals surface area (Å²) in [6.07, 6.45) is -0.601. The van der Waals surface area contributed by atoms with Crippen LogP contribution in [-0.2, 0) is 35.0 Å². The SMILES string of the molecule is CCOC(=O)[C@]1(Cc2ccccc2)C(=O)N2[C@@H](c3ccccc3)OC[C@@H]2[C@H]1CC(=O)OC(C)(C)C. The van der Waals surface area contributed by atoms with E-state index >= 15 is 0 Å². The summed E-state index contributed by atoms with van der Waals surface area (Å²) >= 11 is 0. The van der Waals surface area contributed by atoms with E-state index < -0.39 is 41.1 Å². The normalized spacial score (nSPS) is 25.9. The van der Waals surface area contributed by atoms with Gasteiger partial charge in [0, 0.05) is 11.5 Å². The summed E-state index contributed by atoms with van der Waals surface area (Å²) in [5.41, 5.74) is -0.611. The van der Waals surface area contributed by atoms with Gasteiger partial charge in [0.1, 0.15) is 5.60 Å². The van der Waals surface area contributed by atoms with Gasteiger partial charge in [-0.05, 0) is 39.7 Å². The monoisotopic (exact) mass is 479 g/mol. The minimum Gasteiger partial charge on any atom is -0.465 e. The van der Waals surface area contributed by atoms with Crippen LogP contribution in [0.15, 0.2) is 60.7 Å². The summed E-state index contributed by atoms with van der Waals surface area (Å²) in [7, 11) is 0. The fourth-order valence-corrected chi connectivity index (χ4v) is 5.25. The van der Waals surface area contributed by atoms with Crippen LogP contribution in [0.5, 0.6) is 0 Å². The quantitative estimate of drug-likeness (QED) is 0.440. The third-order valence-corrected chi connectivity index (χ3v) is 6.61. The van der Waals surface area contributed by atoms with Gasteiger partial charge in [0.2, 0.25) is 5.91 Å². The van der Waals surface area contributed by atoms with Crippen molar-refractivity contribution in [1.29, 1.82) is 0 Å². The van der Waals surface area contributed by atoms with E-state index in [1.807, 2.05) is 60.7 Å². The molecule has 2 heterocycles. The van der Waals surface area contributed by atoms with Crippen LogP contribution in [0.25, 0.3) is 0 Å².